The van der Waals surface area contributed by atoms with Crippen molar-refractivity contribution < 1.29 is 13.9 Å². The minimum atomic E-state index is 0.00361. The summed E-state index contributed by atoms with van der Waals surface area (Å²) in [6.07, 6.45) is 0.792. The molecular weight excluding hydrogens is 320 g/mol. The second-order valence-electron chi connectivity index (χ2n) is 6.12. The number of carbonyl (C=O) groups is 1. The molecule has 3 rings (SSSR count). The number of ether oxygens (including phenoxy) is 1. The van der Waals surface area contributed by atoms with Crippen LogP contribution in [0.3, 0.4) is 0 Å². The molecule has 1 aromatic carbocycles. The summed E-state index contributed by atoms with van der Waals surface area (Å²) in [4.78, 5) is 14.2. The van der Waals surface area contributed by atoms with Crippen molar-refractivity contribution in [3.8, 4) is 11.5 Å². The van der Waals surface area contributed by atoms with Gasteiger partial charge in [0.1, 0.15) is 0 Å². The summed E-state index contributed by atoms with van der Waals surface area (Å²) in [7, 11) is 0. The van der Waals surface area contributed by atoms with E-state index in [1.807, 2.05) is 31.2 Å². The van der Waals surface area contributed by atoms with E-state index < -0.39 is 0 Å². The summed E-state index contributed by atoms with van der Waals surface area (Å²) in [5, 5.41) is 11.1. The molecule has 0 saturated carbocycles. The molecule has 1 aliphatic rings. The number of aryl methyl sites for hydroxylation is 2. The molecule has 0 radical (unpaired) electrons. The summed E-state index contributed by atoms with van der Waals surface area (Å²) in [6, 6.07) is 7.86. The van der Waals surface area contributed by atoms with Crippen molar-refractivity contribution in [3.63, 3.8) is 0 Å². The van der Waals surface area contributed by atoms with E-state index in [1.165, 1.54) is 0 Å². The van der Waals surface area contributed by atoms with Gasteiger partial charge in [0.2, 0.25) is 17.7 Å². The number of amides is 1. The fourth-order valence-electron chi connectivity index (χ4n) is 2.76. The number of hydrogen-bond donors (Lipinski definition) is 1. The van der Waals surface area contributed by atoms with Crippen molar-refractivity contribution in [1.82, 2.24) is 20.4 Å². The molecule has 0 spiro atoms. The minimum absolute atomic E-state index is 0.00361. The van der Waals surface area contributed by atoms with E-state index in [0.717, 1.165) is 44.0 Å². The molecule has 7 heteroatoms. The van der Waals surface area contributed by atoms with Gasteiger partial charge in [-0.2, -0.15) is 0 Å². The van der Waals surface area contributed by atoms with Gasteiger partial charge in [0, 0.05) is 44.6 Å². The highest BCUT2D eigenvalue weighted by Crippen LogP contribution is 2.21. The van der Waals surface area contributed by atoms with Crippen molar-refractivity contribution in [2.45, 2.75) is 19.8 Å². The number of benzene rings is 1. The van der Waals surface area contributed by atoms with Crippen LogP contribution in [-0.2, 0) is 16.0 Å². The molecule has 1 fully saturated rings. The van der Waals surface area contributed by atoms with Crippen LogP contribution in [0.2, 0.25) is 0 Å². The SMILES string of the molecule is Cc1ccccc1-c1nnc(CCC(=O)NCCN2CCOCC2)o1. The van der Waals surface area contributed by atoms with Crippen LogP contribution in [0.5, 0.6) is 0 Å². The van der Waals surface area contributed by atoms with Crippen LogP contribution in [0.4, 0.5) is 0 Å². The number of carbonyl (C=O) groups excluding carboxylic acids is 1. The number of hydrogen-bond acceptors (Lipinski definition) is 6. The Kier molecular flexibility index (Phi) is 6.14. The molecule has 7 nitrogen and oxygen atoms in total. The molecule has 134 valence electrons. The lowest BCUT2D eigenvalue weighted by molar-refractivity contribution is -0.121. The van der Waals surface area contributed by atoms with Gasteiger partial charge in [-0.25, -0.2) is 0 Å². The van der Waals surface area contributed by atoms with Crippen molar-refractivity contribution in [3.05, 3.63) is 35.7 Å². The standard InChI is InChI=1S/C18H24N4O3/c1-14-4-2-3-5-15(14)18-21-20-17(25-18)7-6-16(23)19-8-9-22-10-12-24-13-11-22/h2-5H,6-13H2,1H3,(H,19,23). The summed E-state index contributed by atoms with van der Waals surface area (Å²) >= 11 is 0. The van der Waals surface area contributed by atoms with Crippen LogP contribution >= 0.6 is 0 Å². The molecule has 0 bridgehead atoms. The van der Waals surface area contributed by atoms with E-state index in [1.54, 1.807) is 0 Å². The van der Waals surface area contributed by atoms with Gasteiger partial charge in [-0.15, -0.1) is 10.2 Å². The van der Waals surface area contributed by atoms with Gasteiger partial charge in [-0.05, 0) is 18.6 Å². The zero-order valence-electron chi connectivity index (χ0n) is 14.5. The highest BCUT2D eigenvalue weighted by atomic mass is 16.5. The van der Waals surface area contributed by atoms with Crippen molar-refractivity contribution >= 4 is 5.91 Å². The highest BCUT2D eigenvalue weighted by Gasteiger charge is 2.13. The molecule has 2 aromatic rings. The number of nitrogens with one attached hydrogen (secondary N) is 1. The predicted molar refractivity (Wildman–Crippen MR) is 93.1 cm³/mol. The van der Waals surface area contributed by atoms with Crippen molar-refractivity contribution in [2.24, 2.45) is 0 Å². The molecular formula is C18H24N4O3. The zero-order valence-corrected chi connectivity index (χ0v) is 14.5. The Hall–Kier alpha value is -2.25. The molecule has 25 heavy (non-hydrogen) atoms. The van der Waals surface area contributed by atoms with E-state index in [-0.39, 0.29) is 5.91 Å². The molecule has 1 amide bonds. The summed E-state index contributed by atoms with van der Waals surface area (Å²) < 4.78 is 11.0. The van der Waals surface area contributed by atoms with Gasteiger partial charge in [0.25, 0.3) is 0 Å². The average molecular weight is 344 g/mol. The van der Waals surface area contributed by atoms with Crippen molar-refractivity contribution in [1.29, 1.82) is 0 Å². The largest absolute Gasteiger partial charge is 0.421 e. The lowest BCUT2D eigenvalue weighted by Crippen LogP contribution is -2.41. The highest BCUT2D eigenvalue weighted by molar-refractivity contribution is 5.76. The monoisotopic (exact) mass is 344 g/mol. The third kappa shape index (κ3) is 5.11. The average Bonchev–Trinajstić information content (AvgIpc) is 3.10. The fourth-order valence-corrected chi connectivity index (χ4v) is 2.76. The third-order valence-corrected chi connectivity index (χ3v) is 4.26. The predicted octanol–water partition coefficient (Wildman–Crippen LogP) is 1.43. The quantitative estimate of drug-likeness (QED) is 0.818. The summed E-state index contributed by atoms with van der Waals surface area (Å²) in [5.74, 6) is 0.992. The number of aromatic nitrogens is 2. The smallest absolute Gasteiger partial charge is 0.247 e. The molecule has 0 unspecified atom stereocenters. The molecule has 1 aliphatic heterocycles. The lowest BCUT2D eigenvalue weighted by Gasteiger charge is -2.26. The maximum absolute atomic E-state index is 11.9. The number of rotatable bonds is 7. The Morgan fingerprint density at radius 3 is 2.84 bits per heavy atom. The van der Waals surface area contributed by atoms with Crippen LogP contribution in [0.15, 0.2) is 28.7 Å². The normalized spacial score (nSPS) is 15.2. The molecule has 1 N–H and O–H groups in total. The molecule has 0 aliphatic carbocycles. The minimum Gasteiger partial charge on any atom is -0.421 e. The second-order valence-corrected chi connectivity index (χ2v) is 6.12. The number of nitrogens with zero attached hydrogens (tertiary/aromatic N) is 3. The zero-order chi connectivity index (χ0) is 17.5. The maximum atomic E-state index is 11.9. The van der Waals surface area contributed by atoms with Gasteiger partial charge >= 0.3 is 0 Å². The van der Waals surface area contributed by atoms with E-state index >= 15 is 0 Å². The van der Waals surface area contributed by atoms with Crippen LogP contribution in [-0.4, -0.2) is 60.4 Å². The maximum Gasteiger partial charge on any atom is 0.247 e. The molecule has 1 saturated heterocycles. The summed E-state index contributed by atoms with van der Waals surface area (Å²) in [5.41, 5.74) is 2.01. The molecule has 0 atom stereocenters. The molecule has 2 heterocycles. The van der Waals surface area contributed by atoms with Crippen LogP contribution in [0, 0.1) is 6.92 Å². The van der Waals surface area contributed by atoms with Crippen LogP contribution in [0.25, 0.3) is 11.5 Å². The van der Waals surface area contributed by atoms with E-state index in [4.69, 9.17) is 9.15 Å². The van der Waals surface area contributed by atoms with E-state index in [9.17, 15) is 4.79 Å². The first kappa shape index (κ1) is 17.6. The van der Waals surface area contributed by atoms with Gasteiger partial charge in [0.05, 0.1) is 13.2 Å². The Balaban J connectivity index is 1.41. The van der Waals surface area contributed by atoms with Gasteiger partial charge in [0.15, 0.2) is 0 Å². The first-order valence-electron chi connectivity index (χ1n) is 8.67. The second kappa shape index (κ2) is 8.73. The number of morpholine rings is 1. The van der Waals surface area contributed by atoms with E-state index in [0.29, 0.717) is 31.2 Å². The Morgan fingerprint density at radius 1 is 1.24 bits per heavy atom. The first-order chi connectivity index (χ1) is 12.2. The fraction of sp³-hybridized carbons (Fsp3) is 0.500. The Labute approximate surface area is 147 Å². The van der Waals surface area contributed by atoms with Crippen LogP contribution in [0.1, 0.15) is 17.9 Å². The van der Waals surface area contributed by atoms with Gasteiger partial charge in [-0.3, -0.25) is 9.69 Å². The molecule has 1 aromatic heterocycles. The Bertz CT molecular complexity index is 695. The van der Waals surface area contributed by atoms with Gasteiger partial charge in [-0.1, -0.05) is 18.2 Å². The third-order valence-electron chi connectivity index (χ3n) is 4.26. The van der Waals surface area contributed by atoms with Crippen molar-refractivity contribution in [2.75, 3.05) is 39.4 Å². The topological polar surface area (TPSA) is 80.5 Å². The van der Waals surface area contributed by atoms with E-state index in [2.05, 4.69) is 20.4 Å². The van der Waals surface area contributed by atoms with Crippen LogP contribution < -0.4 is 5.32 Å². The lowest BCUT2D eigenvalue weighted by atomic mass is 10.1. The first-order valence-corrected chi connectivity index (χ1v) is 8.67. The Morgan fingerprint density at radius 2 is 2.04 bits per heavy atom. The van der Waals surface area contributed by atoms with Gasteiger partial charge < -0.3 is 14.5 Å². The summed E-state index contributed by atoms with van der Waals surface area (Å²) in [6.45, 7) is 6.91.